The van der Waals surface area contributed by atoms with Crippen LogP contribution >= 0.6 is 0 Å². The Bertz CT molecular complexity index is 1590. The topological polar surface area (TPSA) is 121 Å². The Morgan fingerprint density at radius 2 is 1.69 bits per heavy atom. The molecule has 1 unspecified atom stereocenters. The van der Waals surface area contributed by atoms with E-state index in [1.54, 1.807) is 23.2 Å². The molecule has 3 heterocycles. The van der Waals surface area contributed by atoms with Crippen molar-refractivity contribution in [2.24, 2.45) is 0 Å². The average Bonchev–Trinajstić information content (AvgIpc) is 3.34. The average molecular weight is 564 g/mol. The molecule has 0 radical (unpaired) electrons. The number of hydrogen-bond donors (Lipinski definition) is 0. The van der Waals surface area contributed by atoms with Crippen LogP contribution in [0.3, 0.4) is 0 Å². The van der Waals surface area contributed by atoms with Gasteiger partial charge in [-0.15, -0.1) is 0 Å². The number of carbonyl (C=O) groups excluding carboxylic acids is 4. The number of amides is 1. The van der Waals surface area contributed by atoms with Gasteiger partial charge in [0.05, 0.1) is 24.7 Å². The lowest BCUT2D eigenvalue weighted by atomic mass is 9.92. The van der Waals surface area contributed by atoms with Crippen molar-refractivity contribution in [1.29, 1.82) is 0 Å². The summed E-state index contributed by atoms with van der Waals surface area (Å²) in [6.45, 7) is 0.942. The van der Waals surface area contributed by atoms with Crippen molar-refractivity contribution >= 4 is 23.9 Å². The van der Waals surface area contributed by atoms with E-state index in [1.807, 2.05) is 24.3 Å². The van der Waals surface area contributed by atoms with E-state index < -0.39 is 12.5 Å². The smallest absolute Gasteiger partial charge is 0.255 e. The predicted octanol–water partition coefficient (Wildman–Crippen LogP) is 2.68. The summed E-state index contributed by atoms with van der Waals surface area (Å²) in [5.74, 6) is 0.262. The van der Waals surface area contributed by atoms with Crippen LogP contribution < -0.4 is 14.4 Å². The molecule has 2 aliphatic rings. The maximum Gasteiger partial charge on any atom is 0.255 e. The number of nitrogens with zero attached hydrogens (tertiary/aromatic N) is 3. The van der Waals surface area contributed by atoms with E-state index in [0.717, 1.165) is 28.9 Å². The van der Waals surface area contributed by atoms with Crippen LogP contribution in [0.1, 0.15) is 46.3 Å². The van der Waals surface area contributed by atoms with E-state index in [4.69, 9.17) is 14.6 Å². The van der Waals surface area contributed by atoms with Crippen molar-refractivity contribution in [1.82, 2.24) is 9.88 Å². The number of ether oxygens (including phenoxy) is 1. The van der Waals surface area contributed by atoms with E-state index in [1.165, 1.54) is 5.56 Å². The molecule has 2 aromatic carbocycles. The van der Waals surface area contributed by atoms with Gasteiger partial charge >= 0.3 is 0 Å². The Hall–Kier alpha value is -5.18. The highest BCUT2D eigenvalue weighted by Crippen LogP contribution is 2.34. The molecule has 1 saturated carbocycles. The number of pyridine rings is 2. The number of hydrogen-bond acceptors (Lipinski definition) is 7. The fourth-order valence-corrected chi connectivity index (χ4v) is 5.28. The monoisotopic (exact) mass is 563 g/mol. The Kier molecular flexibility index (Phi) is 8.77. The van der Waals surface area contributed by atoms with Crippen LogP contribution in [0.2, 0.25) is 0 Å². The first-order valence-corrected chi connectivity index (χ1v) is 13.6. The first kappa shape index (κ1) is 28.4. The van der Waals surface area contributed by atoms with Crippen LogP contribution in [0.25, 0.3) is 11.3 Å². The van der Waals surface area contributed by atoms with Crippen molar-refractivity contribution in [3.63, 3.8) is 0 Å². The third kappa shape index (κ3) is 6.41. The third-order valence-electron chi connectivity index (χ3n) is 7.40. The van der Waals surface area contributed by atoms with Crippen LogP contribution in [-0.2, 0) is 34.1 Å². The fraction of sp³-hybridized carbons (Fsp3) is 0.212. The lowest BCUT2D eigenvalue weighted by Gasteiger charge is -2.29. The highest BCUT2D eigenvalue weighted by Gasteiger charge is 2.39. The molecule has 1 fully saturated rings. The zero-order valence-electron chi connectivity index (χ0n) is 22.8. The van der Waals surface area contributed by atoms with Gasteiger partial charge in [0.1, 0.15) is 18.1 Å². The van der Waals surface area contributed by atoms with E-state index in [0.29, 0.717) is 37.3 Å². The van der Waals surface area contributed by atoms with Gasteiger partial charge in [0.15, 0.2) is 24.7 Å². The third-order valence-corrected chi connectivity index (χ3v) is 7.40. The second-order valence-electron chi connectivity index (χ2n) is 10.1. The first-order chi connectivity index (χ1) is 20.5. The highest BCUT2D eigenvalue weighted by molar-refractivity contribution is 6.07. The van der Waals surface area contributed by atoms with E-state index in [2.05, 4.69) is 58.3 Å². The molecule has 212 valence electrons. The maximum absolute atomic E-state index is 13.1. The van der Waals surface area contributed by atoms with Crippen LogP contribution in [-0.4, -0.2) is 39.9 Å². The predicted molar refractivity (Wildman–Crippen MR) is 150 cm³/mol. The van der Waals surface area contributed by atoms with Crippen molar-refractivity contribution in [2.75, 3.05) is 0 Å². The number of aromatic nitrogens is 2. The summed E-state index contributed by atoms with van der Waals surface area (Å²) >= 11 is 0. The summed E-state index contributed by atoms with van der Waals surface area (Å²) in [6.07, 6.45) is 6.56. The molecule has 2 aromatic heterocycles. The molecule has 0 bridgehead atoms. The number of ketones is 2. The van der Waals surface area contributed by atoms with Gasteiger partial charge in [-0.25, -0.2) is 4.57 Å². The quantitative estimate of drug-likeness (QED) is 0.193. The number of carboxylic acid groups (broad SMARTS) is 1. The van der Waals surface area contributed by atoms with Gasteiger partial charge in [0.25, 0.3) is 5.91 Å². The zero-order chi connectivity index (χ0) is 29.5. The van der Waals surface area contributed by atoms with Gasteiger partial charge in [-0.05, 0) is 36.2 Å². The second kappa shape index (κ2) is 13.0. The number of rotatable bonds is 7. The molecule has 0 N–H and O–H groups in total. The second-order valence-corrected chi connectivity index (χ2v) is 10.1. The molecule has 6 rings (SSSR count). The standard InChI is InChI=1S/C32H28N3O4.CH2O2/c36-25-11-12-29(30(37)18-25)35-20-27-26(32(35)38)4-3-6-31(27)39-21-23-9-7-22(8-10-23)19-34-16-13-24(14-17-34)28-5-1-2-15-33-28;2-1-3/h1-10,13-17,29H,11-12,18-21H2;1H,(H,2,3)/q+1;/p-1. The highest BCUT2D eigenvalue weighted by atomic mass is 16.5. The lowest BCUT2D eigenvalue weighted by molar-refractivity contribution is -0.688. The Balaban J connectivity index is 0.00000113. The van der Waals surface area contributed by atoms with Crippen molar-refractivity contribution in [3.8, 4) is 17.0 Å². The lowest BCUT2D eigenvalue weighted by Crippen LogP contribution is -2.44. The molecule has 0 spiro atoms. The van der Waals surface area contributed by atoms with E-state index in [9.17, 15) is 14.4 Å². The molecule has 0 saturated heterocycles. The molecule has 9 nitrogen and oxygen atoms in total. The normalized spacial score (nSPS) is 16.0. The van der Waals surface area contributed by atoms with Gasteiger partial charge in [-0.3, -0.25) is 19.4 Å². The minimum Gasteiger partial charge on any atom is -0.554 e. The summed E-state index contributed by atoms with van der Waals surface area (Å²) in [7, 11) is 0. The fourth-order valence-electron chi connectivity index (χ4n) is 5.28. The molecular weight excluding hydrogens is 534 g/mol. The summed E-state index contributed by atoms with van der Waals surface area (Å²) in [6, 6.07) is 23.2. The summed E-state index contributed by atoms with van der Waals surface area (Å²) < 4.78 is 8.27. The van der Waals surface area contributed by atoms with Gasteiger partial charge in [0.2, 0.25) is 0 Å². The zero-order valence-corrected chi connectivity index (χ0v) is 22.8. The number of Topliss-reactive ketones (excluding diaryl/α,β-unsaturated/α-hetero) is 2. The Morgan fingerprint density at radius 1 is 0.952 bits per heavy atom. The molecule has 1 aliphatic heterocycles. The van der Waals surface area contributed by atoms with Crippen LogP contribution in [0, 0.1) is 0 Å². The minimum absolute atomic E-state index is 0.0486. The Labute approximate surface area is 243 Å². The first-order valence-electron chi connectivity index (χ1n) is 13.6. The number of fused-ring (bicyclic) bond motifs is 1. The molecule has 4 aromatic rings. The SMILES string of the molecule is O=C1CCC(N2Cc3c(OCc4ccc(C[n+]5ccc(-c6ccccn6)cc5)cc4)cccc3C2=O)C(=O)C1.O=C[O-]. The van der Waals surface area contributed by atoms with Gasteiger partial charge in [0, 0.05) is 53.5 Å². The summed E-state index contributed by atoms with van der Waals surface area (Å²) in [5.41, 5.74) is 5.60. The molecule has 9 heteroatoms. The van der Waals surface area contributed by atoms with Gasteiger partial charge in [-0.1, -0.05) is 36.4 Å². The van der Waals surface area contributed by atoms with Crippen LogP contribution in [0.15, 0.2) is 91.4 Å². The Morgan fingerprint density at radius 3 is 2.38 bits per heavy atom. The van der Waals surface area contributed by atoms with Crippen LogP contribution in [0.4, 0.5) is 0 Å². The van der Waals surface area contributed by atoms with Crippen molar-refractivity contribution in [2.45, 2.75) is 45.0 Å². The largest absolute Gasteiger partial charge is 0.554 e. The van der Waals surface area contributed by atoms with E-state index in [-0.39, 0.29) is 23.9 Å². The maximum atomic E-state index is 13.1. The van der Waals surface area contributed by atoms with Crippen molar-refractivity contribution in [3.05, 3.63) is 114 Å². The molecule has 1 atom stereocenters. The molecule has 1 amide bonds. The summed E-state index contributed by atoms with van der Waals surface area (Å²) in [4.78, 5) is 51.4. The van der Waals surface area contributed by atoms with Crippen molar-refractivity contribution < 1.29 is 33.6 Å². The van der Waals surface area contributed by atoms with Gasteiger partial charge < -0.3 is 19.5 Å². The molecule has 42 heavy (non-hydrogen) atoms. The molecular formula is C33H29N3O6. The minimum atomic E-state index is -0.535. The molecule has 1 aliphatic carbocycles. The van der Waals surface area contributed by atoms with Crippen LogP contribution in [0.5, 0.6) is 5.75 Å². The number of benzene rings is 2. The summed E-state index contributed by atoms with van der Waals surface area (Å²) in [5, 5.41) is 8.25. The van der Waals surface area contributed by atoms with Gasteiger partial charge in [-0.2, -0.15) is 0 Å². The number of carbonyl (C=O) groups is 4. The van der Waals surface area contributed by atoms with E-state index >= 15 is 0 Å².